The van der Waals surface area contributed by atoms with Crippen LogP contribution in [0.1, 0.15) is 12.5 Å². The van der Waals surface area contributed by atoms with Gasteiger partial charge in [0.05, 0.1) is 6.07 Å². The zero-order chi connectivity index (χ0) is 12.7. The summed E-state index contributed by atoms with van der Waals surface area (Å²) < 4.78 is 0. The Balaban J connectivity index is 0.000000437. The molecule has 0 unspecified atom stereocenters. The van der Waals surface area contributed by atoms with Crippen LogP contribution in [0.15, 0.2) is 36.0 Å². The highest BCUT2D eigenvalue weighted by Crippen LogP contribution is 2.06. The molecular weight excluding hydrogens is 218 g/mol. The van der Waals surface area contributed by atoms with Gasteiger partial charge in [0, 0.05) is 6.92 Å². The first-order chi connectivity index (χ1) is 8.17. The normalized spacial score (nSPS) is 15.4. The average Bonchev–Trinajstić information content (AvgIpc) is 2.60. The number of nitrogens with zero attached hydrogens (tertiary/aromatic N) is 1. The zero-order valence-electron chi connectivity index (χ0n) is 9.23. The van der Waals surface area contributed by atoms with E-state index in [0.29, 0.717) is 0 Å². The molecule has 1 aliphatic heterocycles. The molecule has 1 heterocycles. The van der Waals surface area contributed by atoms with Crippen LogP contribution in [-0.4, -0.2) is 11.9 Å². The Morgan fingerprint density at radius 3 is 2.24 bits per heavy atom. The van der Waals surface area contributed by atoms with Crippen LogP contribution in [-0.2, 0) is 4.79 Å². The van der Waals surface area contributed by atoms with Crippen molar-refractivity contribution in [2.24, 2.45) is 0 Å². The highest BCUT2D eigenvalue weighted by molar-refractivity contribution is 6.13. The van der Waals surface area contributed by atoms with Crippen LogP contribution in [0.25, 0.3) is 6.08 Å². The molecule has 86 valence electrons. The van der Waals surface area contributed by atoms with Crippen molar-refractivity contribution in [3.05, 3.63) is 41.6 Å². The van der Waals surface area contributed by atoms with Gasteiger partial charge in [-0.1, -0.05) is 30.3 Å². The number of carbonyl (C=O) groups excluding carboxylic acids is 2. The van der Waals surface area contributed by atoms with Gasteiger partial charge in [-0.15, -0.1) is 0 Å². The summed E-state index contributed by atoms with van der Waals surface area (Å²) in [6, 6.07) is 10.6. The van der Waals surface area contributed by atoms with Crippen LogP contribution in [0.2, 0.25) is 0 Å². The number of urea groups is 1. The number of carbonyl (C=O) groups is 2. The van der Waals surface area contributed by atoms with Gasteiger partial charge in [0.1, 0.15) is 5.70 Å². The van der Waals surface area contributed by atoms with Gasteiger partial charge in [-0.3, -0.25) is 10.1 Å². The van der Waals surface area contributed by atoms with Crippen molar-refractivity contribution in [3.8, 4) is 6.07 Å². The second-order valence-corrected chi connectivity index (χ2v) is 3.10. The molecule has 2 rings (SSSR count). The highest BCUT2D eigenvalue weighted by Gasteiger charge is 2.22. The average molecular weight is 229 g/mol. The van der Waals surface area contributed by atoms with Crippen LogP contribution in [0.5, 0.6) is 0 Å². The summed E-state index contributed by atoms with van der Waals surface area (Å²) in [5.74, 6) is -0.390. The molecule has 3 amide bonds. The van der Waals surface area contributed by atoms with Gasteiger partial charge in [-0.2, -0.15) is 5.26 Å². The first-order valence-corrected chi connectivity index (χ1v) is 4.87. The van der Waals surface area contributed by atoms with E-state index in [1.54, 1.807) is 12.1 Å². The first-order valence-electron chi connectivity index (χ1n) is 4.87. The second-order valence-electron chi connectivity index (χ2n) is 3.10. The molecule has 0 bridgehead atoms. The molecule has 0 atom stereocenters. The Labute approximate surface area is 98.7 Å². The number of hydrogen-bond donors (Lipinski definition) is 2. The summed E-state index contributed by atoms with van der Waals surface area (Å²) in [5.41, 5.74) is 1.15. The minimum Gasteiger partial charge on any atom is -0.303 e. The molecule has 5 heteroatoms. The summed E-state index contributed by atoms with van der Waals surface area (Å²) in [4.78, 5) is 21.9. The first kappa shape index (κ1) is 12.5. The lowest BCUT2D eigenvalue weighted by Gasteiger charge is -1.94. The number of hydrogen-bond acceptors (Lipinski definition) is 3. The van der Waals surface area contributed by atoms with Gasteiger partial charge < -0.3 is 5.32 Å². The number of imide groups is 1. The Kier molecular flexibility index (Phi) is 4.45. The predicted molar refractivity (Wildman–Crippen MR) is 62.4 cm³/mol. The molecule has 1 aromatic rings. The third-order valence-electron chi connectivity index (χ3n) is 1.83. The summed E-state index contributed by atoms with van der Waals surface area (Å²) in [7, 11) is 0. The molecule has 1 aromatic carbocycles. The van der Waals surface area contributed by atoms with Gasteiger partial charge in [0.15, 0.2) is 0 Å². The quantitative estimate of drug-likeness (QED) is 0.564. The summed E-state index contributed by atoms with van der Waals surface area (Å²) >= 11 is 0. The summed E-state index contributed by atoms with van der Waals surface area (Å²) in [6.07, 6.45) is 1.63. The monoisotopic (exact) mass is 229 g/mol. The lowest BCUT2D eigenvalue weighted by Crippen LogP contribution is -2.22. The van der Waals surface area contributed by atoms with Gasteiger partial charge in [-0.05, 0) is 11.6 Å². The van der Waals surface area contributed by atoms with Crippen molar-refractivity contribution in [2.45, 2.75) is 6.92 Å². The minimum atomic E-state index is -0.475. The number of benzene rings is 1. The van der Waals surface area contributed by atoms with Crippen molar-refractivity contribution in [2.75, 3.05) is 0 Å². The molecule has 17 heavy (non-hydrogen) atoms. The van der Waals surface area contributed by atoms with E-state index in [1.807, 2.05) is 30.3 Å². The smallest absolute Gasteiger partial charge is 0.303 e. The molecule has 0 aromatic heterocycles. The van der Waals surface area contributed by atoms with E-state index in [9.17, 15) is 9.59 Å². The molecule has 1 saturated heterocycles. The molecule has 0 radical (unpaired) electrons. The van der Waals surface area contributed by atoms with Crippen LogP contribution in [0, 0.1) is 11.3 Å². The van der Waals surface area contributed by atoms with Crippen molar-refractivity contribution >= 4 is 18.0 Å². The van der Waals surface area contributed by atoms with E-state index in [0.717, 1.165) is 5.56 Å². The van der Waals surface area contributed by atoms with Crippen LogP contribution >= 0.6 is 0 Å². The lowest BCUT2D eigenvalue weighted by molar-refractivity contribution is -0.115. The Morgan fingerprint density at radius 2 is 1.76 bits per heavy atom. The van der Waals surface area contributed by atoms with Gasteiger partial charge in [0.25, 0.3) is 5.91 Å². The SMILES string of the molecule is CC#N.O=C1NC(=O)/C(=C\c2ccccc2)N1. The van der Waals surface area contributed by atoms with Crippen LogP contribution in [0.4, 0.5) is 4.79 Å². The maximum absolute atomic E-state index is 11.1. The summed E-state index contributed by atoms with van der Waals surface area (Å²) in [5, 5.41) is 11.9. The molecular formula is C12H11N3O2. The molecule has 0 saturated carbocycles. The zero-order valence-corrected chi connectivity index (χ0v) is 9.23. The van der Waals surface area contributed by atoms with E-state index in [4.69, 9.17) is 5.26 Å². The van der Waals surface area contributed by atoms with Crippen molar-refractivity contribution in [1.82, 2.24) is 10.6 Å². The van der Waals surface area contributed by atoms with Gasteiger partial charge >= 0.3 is 6.03 Å². The Morgan fingerprint density at radius 1 is 1.18 bits per heavy atom. The fraction of sp³-hybridized carbons (Fsp3) is 0.0833. The highest BCUT2D eigenvalue weighted by atomic mass is 16.2. The Bertz CT molecular complexity index is 486. The van der Waals surface area contributed by atoms with Crippen molar-refractivity contribution < 1.29 is 9.59 Å². The predicted octanol–water partition coefficient (Wildman–Crippen LogP) is 1.40. The van der Waals surface area contributed by atoms with Gasteiger partial charge in [-0.25, -0.2) is 4.79 Å². The Hall–Kier alpha value is -2.61. The van der Waals surface area contributed by atoms with E-state index >= 15 is 0 Å². The summed E-state index contributed by atoms with van der Waals surface area (Å²) in [6.45, 7) is 1.43. The van der Waals surface area contributed by atoms with Crippen molar-refractivity contribution in [3.63, 3.8) is 0 Å². The van der Waals surface area contributed by atoms with Crippen molar-refractivity contribution in [1.29, 1.82) is 5.26 Å². The molecule has 0 aliphatic carbocycles. The molecule has 2 N–H and O–H groups in total. The number of nitriles is 1. The van der Waals surface area contributed by atoms with E-state index < -0.39 is 6.03 Å². The molecule has 1 aliphatic rings. The topological polar surface area (TPSA) is 82.0 Å². The fourth-order valence-corrected chi connectivity index (χ4v) is 1.20. The standard InChI is InChI=1S/C10H8N2O2.C2H3N/c13-9-8(11-10(14)12-9)6-7-4-2-1-3-5-7;1-2-3/h1-6H,(H2,11,12,13,14);1H3/b8-6+;. The largest absolute Gasteiger partial charge is 0.326 e. The number of amides is 3. The van der Waals surface area contributed by atoms with Crippen LogP contribution < -0.4 is 10.6 Å². The maximum atomic E-state index is 11.1. The minimum absolute atomic E-state index is 0.279. The molecule has 0 spiro atoms. The fourth-order valence-electron chi connectivity index (χ4n) is 1.20. The molecule has 5 nitrogen and oxygen atoms in total. The lowest BCUT2D eigenvalue weighted by atomic mass is 10.2. The number of rotatable bonds is 1. The van der Waals surface area contributed by atoms with E-state index in [2.05, 4.69) is 10.6 Å². The van der Waals surface area contributed by atoms with E-state index in [1.165, 1.54) is 6.92 Å². The van der Waals surface area contributed by atoms with Crippen LogP contribution in [0.3, 0.4) is 0 Å². The van der Waals surface area contributed by atoms with E-state index in [-0.39, 0.29) is 11.6 Å². The maximum Gasteiger partial charge on any atom is 0.326 e. The third-order valence-corrected chi connectivity index (χ3v) is 1.83. The number of nitrogens with one attached hydrogen (secondary N) is 2. The van der Waals surface area contributed by atoms with Gasteiger partial charge in [0.2, 0.25) is 0 Å². The second kappa shape index (κ2) is 6.08. The third kappa shape index (κ3) is 3.80. The molecule has 1 fully saturated rings.